The number of anilines is 1. The van der Waals surface area contributed by atoms with Crippen LogP contribution in [-0.2, 0) is 29.4 Å². The monoisotopic (exact) mass is 474 g/mol. The molecule has 0 fully saturated rings. The van der Waals surface area contributed by atoms with E-state index >= 15 is 0 Å². The summed E-state index contributed by atoms with van der Waals surface area (Å²) in [5.41, 5.74) is 1.49. The largest absolute Gasteiger partial charge is 0.497 e. The van der Waals surface area contributed by atoms with E-state index in [1.165, 1.54) is 23.1 Å². The minimum Gasteiger partial charge on any atom is -0.497 e. The van der Waals surface area contributed by atoms with E-state index in [1.54, 1.807) is 20.1 Å². The van der Waals surface area contributed by atoms with Crippen molar-refractivity contribution in [3.8, 4) is 5.75 Å². The molecule has 32 heavy (non-hydrogen) atoms. The standard InChI is InChI=1S/C22H26N4O4S2/c1-5-16-12-17(21(28)30-6-2)20(32-16)23-19(27)13-31-22-25-24-18(26(22)3)11-14-7-9-15(29-4)10-8-14/h7-10,12H,5-6,11,13H2,1-4H3,(H,23,27). The molecule has 0 radical (unpaired) electrons. The summed E-state index contributed by atoms with van der Waals surface area (Å²) in [5, 5.41) is 12.5. The first-order valence-corrected chi connectivity index (χ1v) is 12.0. The summed E-state index contributed by atoms with van der Waals surface area (Å²) in [6.07, 6.45) is 1.40. The van der Waals surface area contributed by atoms with Crippen molar-refractivity contribution in [2.75, 3.05) is 24.8 Å². The zero-order valence-corrected chi connectivity index (χ0v) is 20.1. The highest BCUT2D eigenvalue weighted by molar-refractivity contribution is 7.99. The van der Waals surface area contributed by atoms with E-state index in [0.29, 0.717) is 22.1 Å². The van der Waals surface area contributed by atoms with Gasteiger partial charge in [-0.05, 0) is 37.1 Å². The molecule has 0 unspecified atom stereocenters. The first kappa shape index (κ1) is 23.8. The third-order valence-electron chi connectivity index (χ3n) is 4.66. The zero-order chi connectivity index (χ0) is 23.1. The van der Waals surface area contributed by atoms with Gasteiger partial charge in [-0.15, -0.1) is 21.5 Å². The van der Waals surface area contributed by atoms with Crippen LogP contribution in [0.25, 0.3) is 0 Å². The minimum absolute atomic E-state index is 0.149. The summed E-state index contributed by atoms with van der Waals surface area (Å²) in [4.78, 5) is 25.7. The zero-order valence-electron chi connectivity index (χ0n) is 18.5. The Morgan fingerprint density at radius 3 is 2.59 bits per heavy atom. The van der Waals surface area contributed by atoms with Crippen LogP contribution in [0.3, 0.4) is 0 Å². The summed E-state index contributed by atoms with van der Waals surface area (Å²) in [7, 11) is 3.51. The second-order valence-corrected chi connectivity index (χ2v) is 8.93. The van der Waals surface area contributed by atoms with Gasteiger partial charge >= 0.3 is 5.97 Å². The van der Waals surface area contributed by atoms with Crippen molar-refractivity contribution in [3.63, 3.8) is 0 Å². The van der Waals surface area contributed by atoms with Gasteiger partial charge in [-0.25, -0.2) is 4.79 Å². The van der Waals surface area contributed by atoms with Crippen LogP contribution in [0, 0.1) is 0 Å². The highest BCUT2D eigenvalue weighted by atomic mass is 32.2. The number of thiophene rings is 1. The molecule has 3 rings (SSSR count). The van der Waals surface area contributed by atoms with Gasteiger partial charge in [0.1, 0.15) is 16.6 Å². The Morgan fingerprint density at radius 1 is 1.19 bits per heavy atom. The summed E-state index contributed by atoms with van der Waals surface area (Å²) in [6, 6.07) is 9.57. The minimum atomic E-state index is -0.428. The van der Waals surface area contributed by atoms with Crippen LogP contribution in [0.4, 0.5) is 5.00 Å². The molecule has 10 heteroatoms. The lowest BCUT2D eigenvalue weighted by Gasteiger charge is -2.07. The molecule has 0 bridgehead atoms. The van der Waals surface area contributed by atoms with Gasteiger partial charge in [-0.2, -0.15) is 0 Å². The number of amides is 1. The molecule has 0 spiro atoms. The number of aryl methyl sites for hydroxylation is 1. The molecule has 0 aliphatic carbocycles. The summed E-state index contributed by atoms with van der Waals surface area (Å²) >= 11 is 2.69. The van der Waals surface area contributed by atoms with Crippen molar-refractivity contribution < 1.29 is 19.1 Å². The number of methoxy groups -OCH3 is 1. The molecule has 0 aliphatic heterocycles. The van der Waals surface area contributed by atoms with Gasteiger partial charge in [0.05, 0.1) is 25.0 Å². The Balaban J connectivity index is 1.61. The lowest BCUT2D eigenvalue weighted by molar-refractivity contribution is -0.113. The predicted molar refractivity (Wildman–Crippen MR) is 126 cm³/mol. The molecular formula is C22H26N4O4S2. The lowest BCUT2D eigenvalue weighted by atomic mass is 10.1. The number of aromatic nitrogens is 3. The second kappa shape index (κ2) is 11.1. The molecule has 1 aromatic carbocycles. The molecule has 2 aromatic heterocycles. The van der Waals surface area contributed by atoms with Crippen molar-refractivity contribution in [3.05, 3.63) is 52.2 Å². The van der Waals surface area contributed by atoms with Gasteiger partial charge < -0.3 is 19.4 Å². The molecule has 1 amide bonds. The fourth-order valence-corrected chi connectivity index (χ4v) is 4.64. The summed E-state index contributed by atoms with van der Waals surface area (Å²) < 4.78 is 12.2. The van der Waals surface area contributed by atoms with Gasteiger partial charge in [0.2, 0.25) is 5.91 Å². The highest BCUT2D eigenvalue weighted by Gasteiger charge is 2.19. The molecule has 3 aromatic rings. The smallest absolute Gasteiger partial charge is 0.341 e. The Bertz CT molecular complexity index is 1080. The van der Waals surface area contributed by atoms with Gasteiger partial charge in [-0.1, -0.05) is 30.8 Å². The normalized spacial score (nSPS) is 10.8. The average Bonchev–Trinajstić information content (AvgIpc) is 3.36. The van der Waals surface area contributed by atoms with E-state index < -0.39 is 5.97 Å². The van der Waals surface area contributed by atoms with E-state index in [9.17, 15) is 9.59 Å². The number of nitrogens with zero attached hydrogens (tertiary/aromatic N) is 3. The summed E-state index contributed by atoms with van der Waals surface area (Å²) in [6.45, 7) is 4.04. The van der Waals surface area contributed by atoms with Crippen molar-refractivity contribution in [1.29, 1.82) is 0 Å². The number of hydrogen-bond acceptors (Lipinski definition) is 8. The Hall–Kier alpha value is -2.85. The number of thioether (sulfide) groups is 1. The Labute approximate surface area is 195 Å². The molecule has 8 nitrogen and oxygen atoms in total. The third-order valence-corrected chi connectivity index (χ3v) is 6.87. The molecule has 170 valence electrons. The van der Waals surface area contributed by atoms with E-state index in [-0.39, 0.29) is 18.3 Å². The van der Waals surface area contributed by atoms with Crippen molar-refractivity contribution in [2.45, 2.75) is 31.8 Å². The maximum atomic E-state index is 12.5. The molecule has 0 atom stereocenters. The molecular weight excluding hydrogens is 448 g/mol. The Kier molecular flexibility index (Phi) is 8.29. The Morgan fingerprint density at radius 2 is 1.94 bits per heavy atom. The fraction of sp³-hybridized carbons (Fsp3) is 0.364. The highest BCUT2D eigenvalue weighted by Crippen LogP contribution is 2.30. The molecule has 0 saturated heterocycles. The van der Waals surface area contributed by atoms with Gasteiger partial charge in [-0.3, -0.25) is 4.79 Å². The first-order valence-electron chi connectivity index (χ1n) is 10.2. The lowest BCUT2D eigenvalue weighted by Crippen LogP contribution is -2.16. The van der Waals surface area contributed by atoms with Crippen molar-refractivity contribution in [1.82, 2.24) is 14.8 Å². The summed E-state index contributed by atoms with van der Waals surface area (Å²) in [5.74, 6) is 1.11. The van der Waals surface area contributed by atoms with Crippen LogP contribution in [0.5, 0.6) is 5.75 Å². The number of carbonyl (C=O) groups is 2. The van der Waals surface area contributed by atoms with Crippen LogP contribution >= 0.6 is 23.1 Å². The van der Waals surface area contributed by atoms with E-state index in [4.69, 9.17) is 9.47 Å². The van der Waals surface area contributed by atoms with E-state index in [0.717, 1.165) is 28.4 Å². The van der Waals surface area contributed by atoms with Gasteiger partial charge in [0.25, 0.3) is 0 Å². The maximum absolute atomic E-state index is 12.5. The van der Waals surface area contributed by atoms with Crippen LogP contribution in [-0.4, -0.2) is 46.1 Å². The predicted octanol–water partition coefficient (Wildman–Crippen LogP) is 3.95. The van der Waals surface area contributed by atoms with Gasteiger partial charge in [0.15, 0.2) is 5.16 Å². The topological polar surface area (TPSA) is 95.3 Å². The van der Waals surface area contributed by atoms with Crippen molar-refractivity contribution in [2.24, 2.45) is 7.05 Å². The fourth-order valence-electron chi connectivity index (χ4n) is 2.91. The molecule has 2 heterocycles. The molecule has 0 aliphatic rings. The number of benzene rings is 1. The molecule has 0 saturated carbocycles. The van der Waals surface area contributed by atoms with Crippen LogP contribution in [0.2, 0.25) is 0 Å². The SMILES string of the molecule is CCOC(=O)c1cc(CC)sc1NC(=O)CSc1nnc(Cc2ccc(OC)cc2)n1C. The second-order valence-electron chi connectivity index (χ2n) is 6.85. The van der Waals surface area contributed by atoms with Crippen LogP contribution < -0.4 is 10.1 Å². The van der Waals surface area contributed by atoms with Gasteiger partial charge in [0, 0.05) is 18.3 Å². The van der Waals surface area contributed by atoms with Crippen LogP contribution in [0.1, 0.15) is 40.5 Å². The number of esters is 1. The number of nitrogens with one attached hydrogen (secondary N) is 1. The third kappa shape index (κ3) is 5.89. The van der Waals surface area contributed by atoms with Crippen molar-refractivity contribution >= 4 is 40.0 Å². The first-order chi connectivity index (χ1) is 15.4. The maximum Gasteiger partial charge on any atom is 0.341 e. The number of rotatable bonds is 10. The van der Waals surface area contributed by atoms with E-state index in [2.05, 4.69) is 15.5 Å². The van der Waals surface area contributed by atoms with Crippen LogP contribution in [0.15, 0.2) is 35.5 Å². The molecule has 1 N–H and O–H groups in total. The quantitative estimate of drug-likeness (QED) is 0.351. The van der Waals surface area contributed by atoms with E-state index in [1.807, 2.05) is 42.8 Å². The average molecular weight is 475 g/mol. The number of hydrogen-bond donors (Lipinski definition) is 1. The number of ether oxygens (including phenoxy) is 2. The number of carbonyl (C=O) groups excluding carboxylic acids is 2.